The van der Waals surface area contributed by atoms with Gasteiger partial charge in [0.2, 0.25) is 0 Å². The fourth-order valence-corrected chi connectivity index (χ4v) is 5.63. The molecule has 0 amide bonds. The van der Waals surface area contributed by atoms with Crippen molar-refractivity contribution in [3.63, 3.8) is 0 Å². The molecular weight excluding hydrogens is 416 g/mol. The number of ether oxygens (including phenoxy) is 1. The number of hydrogen-bond donors (Lipinski definition) is 0. The summed E-state index contributed by atoms with van der Waals surface area (Å²) in [7, 11) is 0. The molecule has 2 rings (SSSR count). The molecule has 1 aliphatic rings. The zero-order chi connectivity index (χ0) is 24.4. The van der Waals surface area contributed by atoms with Gasteiger partial charge in [-0.1, -0.05) is 123 Å². The molecule has 34 heavy (non-hydrogen) atoms. The highest BCUT2D eigenvalue weighted by atomic mass is 16.5. The number of carbonyl (C=O) groups excluding carboxylic acids is 1. The van der Waals surface area contributed by atoms with Crippen LogP contribution in [0.2, 0.25) is 0 Å². The van der Waals surface area contributed by atoms with E-state index in [1.807, 2.05) is 6.07 Å². The van der Waals surface area contributed by atoms with Gasteiger partial charge in [0.25, 0.3) is 0 Å². The first-order chi connectivity index (χ1) is 16.6. The van der Waals surface area contributed by atoms with Crippen molar-refractivity contribution in [2.24, 2.45) is 11.8 Å². The molecule has 0 unspecified atom stereocenters. The van der Waals surface area contributed by atoms with E-state index in [4.69, 9.17) is 4.74 Å². The van der Waals surface area contributed by atoms with Crippen molar-refractivity contribution in [3.8, 4) is 5.75 Å². The molecule has 0 spiro atoms. The first-order valence-electron chi connectivity index (χ1n) is 14.9. The number of unbranched alkanes of at least 4 members (excludes halogenated alkanes) is 10. The predicted octanol–water partition coefficient (Wildman–Crippen LogP) is 10.1. The van der Waals surface area contributed by atoms with Crippen LogP contribution >= 0.6 is 0 Å². The molecule has 0 bridgehead atoms. The van der Waals surface area contributed by atoms with Crippen molar-refractivity contribution in [2.75, 3.05) is 0 Å². The van der Waals surface area contributed by atoms with Crippen LogP contribution in [0.3, 0.4) is 0 Å². The second-order valence-electron chi connectivity index (χ2n) is 11.1. The van der Waals surface area contributed by atoms with E-state index in [1.165, 1.54) is 114 Å². The first-order valence-corrected chi connectivity index (χ1v) is 14.9. The summed E-state index contributed by atoms with van der Waals surface area (Å²) in [4.78, 5) is 12.1. The Morgan fingerprint density at radius 2 is 1.32 bits per heavy atom. The fourth-order valence-electron chi connectivity index (χ4n) is 5.63. The van der Waals surface area contributed by atoms with Gasteiger partial charge in [0.15, 0.2) is 0 Å². The number of benzene rings is 1. The van der Waals surface area contributed by atoms with Gasteiger partial charge in [0.05, 0.1) is 0 Å². The number of aryl methyl sites for hydroxylation is 2. The standard InChI is InChI=1S/C32H54O2/c1-4-6-8-10-11-13-14-16-28-18-20-29(21-19-28)22-23-30-24-25-31(26-27(30)3)34-32(33)17-15-12-9-7-5-2/h24-26,28-29H,4-23H2,1-3H3/t28-,29-. The van der Waals surface area contributed by atoms with Crippen LogP contribution in [0.25, 0.3) is 0 Å². The molecular formula is C32H54O2. The normalized spacial score (nSPS) is 18.2. The maximum atomic E-state index is 12.1. The lowest BCUT2D eigenvalue weighted by atomic mass is 9.77. The van der Waals surface area contributed by atoms with Gasteiger partial charge in [-0.25, -0.2) is 0 Å². The Kier molecular flexibility index (Phi) is 15.3. The van der Waals surface area contributed by atoms with Gasteiger partial charge in [0, 0.05) is 6.42 Å². The summed E-state index contributed by atoms with van der Waals surface area (Å²) >= 11 is 0. The third-order valence-corrected chi connectivity index (χ3v) is 8.03. The second-order valence-corrected chi connectivity index (χ2v) is 11.1. The second kappa shape index (κ2) is 18.0. The monoisotopic (exact) mass is 470 g/mol. The molecule has 2 nitrogen and oxygen atoms in total. The first kappa shape index (κ1) is 28.9. The van der Waals surface area contributed by atoms with E-state index < -0.39 is 0 Å². The molecule has 194 valence electrons. The maximum absolute atomic E-state index is 12.1. The summed E-state index contributed by atoms with van der Waals surface area (Å²) in [5.41, 5.74) is 2.69. The molecule has 0 heterocycles. The van der Waals surface area contributed by atoms with E-state index in [2.05, 4.69) is 32.9 Å². The number of rotatable bonds is 18. The van der Waals surface area contributed by atoms with E-state index in [9.17, 15) is 4.79 Å². The number of hydrogen-bond acceptors (Lipinski definition) is 2. The van der Waals surface area contributed by atoms with Crippen molar-refractivity contribution in [2.45, 2.75) is 149 Å². The van der Waals surface area contributed by atoms with Crippen LogP contribution in [0.15, 0.2) is 18.2 Å². The van der Waals surface area contributed by atoms with E-state index in [0.717, 1.165) is 31.1 Å². The molecule has 1 aliphatic carbocycles. The topological polar surface area (TPSA) is 26.3 Å². The van der Waals surface area contributed by atoms with Gasteiger partial charge in [-0.3, -0.25) is 4.79 Å². The highest BCUT2D eigenvalue weighted by molar-refractivity contribution is 5.72. The quantitative estimate of drug-likeness (QED) is 0.121. The van der Waals surface area contributed by atoms with Gasteiger partial charge in [-0.2, -0.15) is 0 Å². The summed E-state index contributed by atoms with van der Waals surface area (Å²) in [6, 6.07) is 6.24. The molecule has 0 atom stereocenters. The third-order valence-electron chi connectivity index (χ3n) is 8.03. The van der Waals surface area contributed by atoms with Crippen molar-refractivity contribution in [1.82, 2.24) is 0 Å². The maximum Gasteiger partial charge on any atom is 0.311 e. The molecule has 1 saturated carbocycles. The Morgan fingerprint density at radius 1 is 0.765 bits per heavy atom. The SMILES string of the molecule is CCCCCCCCC[C@H]1CC[C@H](CCc2ccc(OC(=O)CCCCCCC)cc2C)CC1. The summed E-state index contributed by atoms with van der Waals surface area (Å²) < 4.78 is 5.59. The average molecular weight is 471 g/mol. The van der Waals surface area contributed by atoms with Crippen LogP contribution in [-0.2, 0) is 11.2 Å². The minimum atomic E-state index is -0.0862. The van der Waals surface area contributed by atoms with Crippen molar-refractivity contribution >= 4 is 5.97 Å². The van der Waals surface area contributed by atoms with Crippen LogP contribution in [0.5, 0.6) is 5.75 Å². The van der Waals surface area contributed by atoms with Gasteiger partial charge in [0.1, 0.15) is 5.75 Å². The lowest BCUT2D eigenvalue weighted by Crippen LogP contribution is -2.15. The third kappa shape index (κ3) is 12.4. The van der Waals surface area contributed by atoms with Gasteiger partial charge < -0.3 is 4.74 Å². The van der Waals surface area contributed by atoms with E-state index in [1.54, 1.807) is 0 Å². The van der Waals surface area contributed by atoms with Crippen LogP contribution in [0.1, 0.15) is 147 Å². The summed E-state index contributed by atoms with van der Waals surface area (Å²) in [6.45, 7) is 6.67. The minimum Gasteiger partial charge on any atom is -0.427 e. The zero-order valence-corrected chi connectivity index (χ0v) is 22.8. The number of carbonyl (C=O) groups is 1. The largest absolute Gasteiger partial charge is 0.427 e. The lowest BCUT2D eigenvalue weighted by Gasteiger charge is -2.28. The van der Waals surface area contributed by atoms with Crippen molar-refractivity contribution in [1.29, 1.82) is 0 Å². The summed E-state index contributed by atoms with van der Waals surface area (Å²) in [5, 5.41) is 0. The Balaban J connectivity index is 1.59. The molecule has 0 radical (unpaired) electrons. The van der Waals surface area contributed by atoms with Crippen molar-refractivity contribution in [3.05, 3.63) is 29.3 Å². The molecule has 0 N–H and O–H groups in total. The molecule has 2 heteroatoms. The van der Waals surface area contributed by atoms with Crippen LogP contribution in [0, 0.1) is 18.8 Å². The van der Waals surface area contributed by atoms with Gasteiger partial charge >= 0.3 is 5.97 Å². The smallest absolute Gasteiger partial charge is 0.311 e. The fraction of sp³-hybridized carbons (Fsp3) is 0.781. The molecule has 1 fully saturated rings. The molecule has 0 aliphatic heterocycles. The highest BCUT2D eigenvalue weighted by Crippen LogP contribution is 2.34. The van der Waals surface area contributed by atoms with Gasteiger partial charge in [-0.05, 0) is 61.3 Å². The van der Waals surface area contributed by atoms with Crippen molar-refractivity contribution < 1.29 is 9.53 Å². The van der Waals surface area contributed by atoms with E-state index in [0.29, 0.717) is 12.2 Å². The summed E-state index contributed by atoms with van der Waals surface area (Å²) in [6.07, 6.45) is 26.0. The predicted molar refractivity (Wildman–Crippen MR) is 147 cm³/mol. The van der Waals surface area contributed by atoms with Crippen LogP contribution in [0.4, 0.5) is 0 Å². The molecule has 0 aromatic heterocycles. The lowest BCUT2D eigenvalue weighted by molar-refractivity contribution is -0.134. The minimum absolute atomic E-state index is 0.0862. The number of esters is 1. The Bertz CT molecular complexity index is 657. The molecule has 1 aromatic carbocycles. The molecule has 1 aromatic rings. The van der Waals surface area contributed by atoms with Crippen LogP contribution in [-0.4, -0.2) is 5.97 Å². The van der Waals surface area contributed by atoms with Crippen LogP contribution < -0.4 is 4.74 Å². The average Bonchev–Trinajstić information content (AvgIpc) is 2.83. The van der Waals surface area contributed by atoms with Gasteiger partial charge in [-0.15, -0.1) is 0 Å². The zero-order valence-electron chi connectivity index (χ0n) is 22.8. The highest BCUT2D eigenvalue weighted by Gasteiger charge is 2.21. The molecule has 0 saturated heterocycles. The van der Waals surface area contributed by atoms with E-state index in [-0.39, 0.29) is 5.97 Å². The Hall–Kier alpha value is -1.31. The summed E-state index contributed by atoms with van der Waals surface area (Å²) in [5.74, 6) is 2.52. The van der Waals surface area contributed by atoms with E-state index >= 15 is 0 Å². The Morgan fingerprint density at radius 3 is 1.94 bits per heavy atom. The Labute approximate surface area is 211 Å².